The summed E-state index contributed by atoms with van der Waals surface area (Å²) in [4.78, 5) is 27.9. The fourth-order valence-electron chi connectivity index (χ4n) is 3.57. The first-order valence-corrected chi connectivity index (χ1v) is 10.5. The third-order valence-electron chi connectivity index (χ3n) is 5.38. The number of hydrogen-bond acceptors (Lipinski definition) is 6. The molecule has 0 spiro atoms. The van der Waals surface area contributed by atoms with Crippen LogP contribution in [-0.4, -0.2) is 50.8 Å². The van der Waals surface area contributed by atoms with Crippen molar-refractivity contribution in [3.05, 3.63) is 47.4 Å². The molecule has 1 saturated heterocycles. The van der Waals surface area contributed by atoms with E-state index in [0.29, 0.717) is 30.3 Å². The van der Waals surface area contributed by atoms with Gasteiger partial charge in [0.2, 0.25) is 11.8 Å². The fraction of sp³-hybridized carbons (Fsp3) is 0.524. The zero-order valence-corrected chi connectivity index (χ0v) is 17.6. The number of carboxylic acids is 1. The molecule has 33 heavy (non-hydrogen) atoms. The van der Waals surface area contributed by atoms with E-state index in [0.717, 1.165) is 31.5 Å². The van der Waals surface area contributed by atoms with Crippen LogP contribution in [0, 0.1) is 5.82 Å². The van der Waals surface area contributed by atoms with Crippen LogP contribution in [0.4, 0.5) is 17.6 Å². The van der Waals surface area contributed by atoms with Crippen molar-refractivity contribution in [3.63, 3.8) is 0 Å². The molecule has 2 fully saturated rings. The van der Waals surface area contributed by atoms with Crippen LogP contribution in [0.1, 0.15) is 61.3 Å². The smallest absolute Gasteiger partial charge is 0.475 e. The number of nitrogens with zero attached hydrogens (tertiary/aromatic N) is 3. The number of halogens is 4. The molecule has 1 aromatic heterocycles. The van der Waals surface area contributed by atoms with E-state index in [1.54, 1.807) is 23.1 Å². The second-order valence-electron chi connectivity index (χ2n) is 8.07. The predicted molar refractivity (Wildman–Crippen MR) is 106 cm³/mol. The van der Waals surface area contributed by atoms with Crippen molar-refractivity contribution >= 4 is 11.9 Å². The first-order valence-electron chi connectivity index (χ1n) is 10.5. The Labute approximate surface area is 186 Å². The number of nitrogens with two attached hydrogens (primary N) is 1. The topological polar surface area (TPSA) is 123 Å². The summed E-state index contributed by atoms with van der Waals surface area (Å²) in [5.41, 5.74) is 6.65. The summed E-state index contributed by atoms with van der Waals surface area (Å²) < 4.78 is 50.9. The molecule has 0 unspecified atom stereocenters. The number of aliphatic carboxylic acids is 1. The van der Waals surface area contributed by atoms with Gasteiger partial charge in [0.15, 0.2) is 5.82 Å². The van der Waals surface area contributed by atoms with Crippen LogP contribution in [0.2, 0.25) is 0 Å². The Hall–Kier alpha value is -3.02. The molecule has 2 aromatic rings. The average Bonchev–Trinajstić information content (AvgIpc) is 3.26. The van der Waals surface area contributed by atoms with Gasteiger partial charge in [-0.1, -0.05) is 23.4 Å². The first-order chi connectivity index (χ1) is 15.6. The Morgan fingerprint density at radius 3 is 2.52 bits per heavy atom. The minimum Gasteiger partial charge on any atom is -0.475 e. The number of alkyl halides is 3. The molecule has 3 N–H and O–H groups in total. The van der Waals surface area contributed by atoms with Gasteiger partial charge in [-0.2, -0.15) is 18.2 Å². The second kappa shape index (κ2) is 10.3. The molecule has 0 radical (unpaired) electrons. The van der Waals surface area contributed by atoms with Crippen molar-refractivity contribution in [2.75, 3.05) is 6.54 Å². The molecule has 1 amide bonds. The lowest BCUT2D eigenvalue weighted by molar-refractivity contribution is -0.192. The normalized spacial score (nSPS) is 19.1. The first kappa shape index (κ1) is 24.6. The lowest BCUT2D eigenvalue weighted by atomic mass is 10.0. The Kier molecular flexibility index (Phi) is 7.67. The van der Waals surface area contributed by atoms with Gasteiger partial charge in [-0.15, -0.1) is 0 Å². The lowest BCUT2D eigenvalue weighted by Crippen LogP contribution is -2.36. The van der Waals surface area contributed by atoms with Gasteiger partial charge in [-0.05, 0) is 43.7 Å². The molecule has 2 heterocycles. The number of likely N-dealkylation sites (tertiary alicyclic amines) is 1. The van der Waals surface area contributed by atoms with E-state index in [-0.39, 0.29) is 24.2 Å². The minimum atomic E-state index is -5.08. The fourth-order valence-corrected chi connectivity index (χ4v) is 3.57. The van der Waals surface area contributed by atoms with E-state index < -0.39 is 18.2 Å². The van der Waals surface area contributed by atoms with E-state index in [1.165, 1.54) is 6.07 Å². The molecule has 0 bridgehead atoms. The number of carbonyl (C=O) groups is 2. The highest BCUT2D eigenvalue weighted by Gasteiger charge is 2.38. The molecule has 12 heteroatoms. The Morgan fingerprint density at radius 2 is 1.91 bits per heavy atom. The lowest BCUT2D eigenvalue weighted by Gasteiger charge is -2.23. The summed E-state index contributed by atoms with van der Waals surface area (Å²) in [6.07, 6.45) is -0.632. The number of aromatic nitrogens is 2. The quantitative estimate of drug-likeness (QED) is 0.618. The van der Waals surface area contributed by atoms with Gasteiger partial charge < -0.3 is 20.3 Å². The Morgan fingerprint density at radius 1 is 1.24 bits per heavy atom. The predicted octanol–water partition coefficient (Wildman–Crippen LogP) is 3.34. The average molecular weight is 472 g/mol. The monoisotopic (exact) mass is 472 g/mol. The zero-order chi connectivity index (χ0) is 24.2. The summed E-state index contributed by atoms with van der Waals surface area (Å²) in [5, 5.41) is 11.2. The number of carbonyl (C=O) groups excluding carboxylic acids is 1. The molecule has 4 rings (SSSR count). The maximum Gasteiger partial charge on any atom is 0.490 e. The highest BCUT2D eigenvalue weighted by molar-refractivity contribution is 5.77. The largest absolute Gasteiger partial charge is 0.490 e. The van der Waals surface area contributed by atoms with Crippen LogP contribution in [0.15, 0.2) is 28.8 Å². The van der Waals surface area contributed by atoms with Crippen LogP contribution >= 0.6 is 0 Å². The van der Waals surface area contributed by atoms with Crippen molar-refractivity contribution < 1.29 is 36.8 Å². The number of rotatable bonds is 6. The molecule has 1 aliphatic carbocycles. The van der Waals surface area contributed by atoms with Crippen molar-refractivity contribution in [2.24, 2.45) is 5.73 Å². The molecule has 1 aliphatic heterocycles. The molecule has 2 aliphatic rings. The van der Waals surface area contributed by atoms with Crippen LogP contribution in [-0.2, 0) is 16.0 Å². The Balaban J connectivity index is 0.000000383. The van der Waals surface area contributed by atoms with Crippen molar-refractivity contribution in [2.45, 2.75) is 62.7 Å². The summed E-state index contributed by atoms with van der Waals surface area (Å²) >= 11 is 0. The summed E-state index contributed by atoms with van der Waals surface area (Å²) in [7, 11) is 0. The maximum atomic E-state index is 13.8. The van der Waals surface area contributed by atoms with Crippen molar-refractivity contribution in [1.29, 1.82) is 0 Å². The third-order valence-corrected chi connectivity index (χ3v) is 5.38. The third kappa shape index (κ3) is 6.73. The zero-order valence-electron chi connectivity index (χ0n) is 17.6. The molecule has 2 atom stereocenters. The van der Waals surface area contributed by atoms with E-state index >= 15 is 0 Å². The van der Waals surface area contributed by atoms with E-state index in [2.05, 4.69) is 10.1 Å². The number of benzene rings is 1. The van der Waals surface area contributed by atoms with Gasteiger partial charge in [0, 0.05) is 24.9 Å². The van der Waals surface area contributed by atoms with Gasteiger partial charge in [0.05, 0.1) is 0 Å². The van der Waals surface area contributed by atoms with E-state index in [4.69, 9.17) is 20.2 Å². The maximum absolute atomic E-state index is 13.8. The molecule has 1 saturated carbocycles. The van der Waals surface area contributed by atoms with Gasteiger partial charge in [-0.3, -0.25) is 4.79 Å². The van der Waals surface area contributed by atoms with Gasteiger partial charge in [0.25, 0.3) is 0 Å². The standard InChI is InChI=1S/C19H23FN4O2.C2HF3O2/c20-15-5-2-1-4-13(15)10-14(21)11-17(25)24-9-3-6-16(24)19-22-18(23-26-19)12-7-8-12;3-2(4,5)1(6)7/h1-2,4-5,12,14,16H,3,6-11,21H2;(H,6,7)/t14-,16+;/m1./s1. The van der Waals surface area contributed by atoms with Crippen molar-refractivity contribution in [3.8, 4) is 0 Å². The van der Waals surface area contributed by atoms with E-state index in [9.17, 15) is 22.4 Å². The SMILES string of the molecule is N[C@@H](CC(=O)N1CCC[C@H]1c1nc(C2CC2)no1)Cc1ccccc1F.O=C(O)C(F)(F)F. The number of carboxylic acid groups (broad SMARTS) is 1. The molecular formula is C21H24F4N4O4. The van der Waals surface area contributed by atoms with Crippen LogP contribution in [0.3, 0.4) is 0 Å². The Bertz CT molecular complexity index is 977. The van der Waals surface area contributed by atoms with Gasteiger partial charge in [0.1, 0.15) is 11.9 Å². The van der Waals surface area contributed by atoms with Gasteiger partial charge in [-0.25, -0.2) is 9.18 Å². The summed E-state index contributed by atoms with van der Waals surface area (Å²) in [5.74, 6) is -1.37. The number of hydrogen-bond donors (Lipinski definition) is 2. The second-order valence-corrected chi connectivity index (χ2v) is 8.07. The molecular weight excluding hydrogens is 448 g/mol. The van der Waals surface area contributed by atoms with Crippen LogP contribution in [0.25, 0.3) is 0 Å². The molecule has 180 valence electrons. The summed E-state index contributed by atoms with van der Waals surface area (Å²) in [6.45, 7) is 0.664. The minimum absolute atomic E-state index is 0.0393. The molecule has 8 nitrogen and oxygen atoms in total. The highest BCUT2D eigenvalue weighted by Crippen LogP contribution is 2.39. The van der Waals surface area contributed by atoms with Crippen molar-refractivity contribution in [1.82, 2.24) is 15.0 Å². The van der Waals surface area contributed by atoms with Crippen LogP contribution in [0.5, 0.6) is 0 Å². The number of amides is 1. The summed E-state index contributed by atoms with van der Waals surface area (Å²) in [6, 6.07) is 5.94. The molecule has 1 aromatic carbocycles. The van der Waals surface area contributed by atoms with Gasteiger partial charge >= 0.3 is 12.1 Å². The highest BCUT2D eigenvalue weighted by atomic mass is 19.4. The van der Waals surface area contributed by atoms with E-state index in [1.807, 2.05) is 0 Å². The van der Waals surface area contributed by atoms with Crippen LogP contribution < -0.4 is 5.73 Å².